The monoisotopic (exact) mass is 155 g/mol. The van der Waals surface area contributed by atoms with E-state index in [4.69, 9.17) is 6.42 Å². The lowest BCUT2D eigenvalue weighted by molar-refractivity contribution is 0.732. The number of hydrogen-bond donors (Lipinski definition) is 0. The van der Waals surface area contributed by atoms with E-state index < -0.39 is 0 Å². The first-order valence-electron chi connectivity index (χ1n) is 3.70. The fourth-order valence-electron chi connectivity index (χ4n) is 0.529. The van der Waals surface area contributed by atoms with E-state index >= 15 is 0 Å². The van der Waals surface area contributed by atoms with Crippen molar-refractivity contribution in [2.45, 2.75) is 26.7 Å². The average molecular weight is 155 g/mol. The molecule has 1 unspecified atom stereocenters. The second kappa shape index (κ2) is 7.02. The van der Waals surface area contributed by atoms with Gasteiger partial charge in [-0.2, -0.15) is 11.8 Å². The fourth-order valence-corrected chi connectivity index (χ4v) is 1.42. The SMILES string of the molecule is C#CC(C)CCS[CH]CC. The van der Waals surface area contributed by atoms with Crippen molar-refractivity contribution in [1.82, 2.24) is 0 Å². The summed E-state index contributed by atoms with van der Waals surface area (Å²) < 4.78 is 0. The molecule has 1 radical (unpaired) electrons. The molecule has 10 heavy (non-hydrogen) atoms. The predicted molar refractivity (Wildman–Crippen MR) is 49.7 cm³/mol. The molecule has 0 spiro atoms. The minimum absolute atomic E-state index is 0.442. The van der Waals surface area contributed by atoms with Gasteiger partial charge in [0.25, 0.3) is 0 Å². The Hall–Kier alpha value is -0.0900. The van der Waals surface area contributed by atoms with E-state index in [2.05, 4.69) is 25.5 Å². The number of hydrogen-bond acceptors (Lipinski definition) is 1. The first-order valence-corrected chi connectivity index (χ1v) is 4.75. The second-order valence-corrected chi connectivity index (χ2v) is 3.38. The smallest absolute Gasteiger partial charge is 0.0179 e. The third-order valence-electron chi connectivity index (χ3n) is 1.24. The van der Waals surface area contributed by atoms with E-state index in [0.29, 0.717) is 5.92 Å². The summed E-state index contributed by atoms with van der Waals surface area (Å²) in [4.78, 5) is 0. The first-order chi connectivity index (χ1) is 4.81. The molecule has 57 valence electrons. The Bertz CT molecular complexity index is 102. The number of thioether (sulfide) groups is 1. The van der Waals surface area contributed by atoms with Gasteiger partial charge in [-0.3, -0.25) is 0 Å². The summed E-state index contributed by atoms with van der Waals surface area (Å²) >= 11 is 1.88. The highest BCUT2D eigenvalue weighted by Crippen LogP contribution is 2.12. The molecule has 0 rings (SSSR count). The molecule has 0 aliphatic carbocycles. The lowest BCUT2D eigenvalue weighted by Crippen LogP contribution is -1.91. The summed E-state index contributed by atoms with van der Waals surface area (Å²) in [6.45, 7) is 4.24. The summed E-state index contributed by atoms with van der Waals surface area (Å²) in [5, 5.41) is 0. The lowest BCUT2D eigenvalue weighted by Gasteiger charge is -2.01. The molecule has 0 N–H and O–H groups in total. The minimum Gasteiger partial charge on any atom is -0.157 e. The maximum Gasteiger partial charge on any atom is 0.0179 e. The Labute approximate surface area is 68.8 Å². The van der Waals surface area contributed by atoms with Crippen LogP contribution in [0.25, 0.3) is 0 Å². The molecule has 0 bridgehead atoms. The maximum atomic E-state index is 5.22. The van der Waals surface area contributed by atoms with Crippen molar-refractivity contribution in [2.75, 3.05) is 5.75 Å². The zero-order chi connectivity index (χ0) is 7.82. The van der Waals surface area contributed by atoms with Crippen LogP contribution in [0.15, 0.2) is 0 Å². The quantitative estimate of drug-likeness (QED) is 0.434. The molecule has 0 saturated heterocycles. The van der Waals surface area contributed by atoms with E-state index in [1.165, 1.54) is 5.75 Å². The van der Waals surface area contributed by atoms with Crippen molar-refractivity contribution in [1.29, 1.82) is 0 Å². The Balaban J connectivity index is 2.98. The van der Waals surface area contributed by atoms with Crippen LogP contribution in [-0.2, 0) is 0 Å². The normalized spacial score (nSPS) is 12.5. The van der Waals surface area contributed by atoms with Gasteiger partial charge in [-0.25, -0.2) is 0 Å². The van der Waals surface area contributed by atoms with Gasteiger partial charge in [-0.05, 0) is 18.6 Å². The minimum atomic E-state index is 0.442. The highest BCUT2D eigenvalue weighted by Gasteiger charge is 1.95. The van der Waals surface area contributed by atoms with Gasteiger partial charge in [0, 0.05) is 11.7 Å². The van der Waals surface area contributed by atoms with E-state index in [1.54, 1.807) is 0 Å². The Morgan fingerprint density at radius 2 is 2.40 bits per heavy atom. The first kappa shape index (κ1) is 9.91. The zero-order valence-corrected chi connectivity index (χ0v) is 7.58. The summed E-state index contributed by atoms with van der Waals surface area (Å²) in [5.74, 6) is 6.55. The van der Waals surface area contributed by atoms with Gasteiger partial charge in [0.2, 0.25) is 0 Å². The second-order valence-electron chi connectivity index (χ2n) is 2.30. The van der Waals surface area contributed by atoms with Crippen LogP contribution in [0.4, 0.5) is 0 Å². The molecule has 0 aliphatic heterocycles. The van der Waals surface area contributed by atoms with Crippen molar-refractivity contribution in [3.8, 4) is 12.3 Å². The van der Waals surface area contributed by atoms with Crippen molar-refractivity contribution in [3.05, 3.63) is 5.75 Å². The van der Waals surface area contributed by atoms with Gasteiger partial charge in [0.15, 0.2) is 0 Å². The number of terminal acetylenes is 1. The molecule has 0 fully saturated rings. The molecule has 0 aromatic heterocycles. The van der Waals surface area contributed by atoms with E-state index in [9.17, 15) is 0 Å². The molecule has 0 aromatic rings. The molecular weight excluding hydrogens is 140 g/mol. The van der Waals surface area contributed by atoms with Gasteiger partial charge in [-0.1, -0.05) is 13.8 Å². The largest absolute Gasteiger partial charge is 0.157 e. The summed E-state index contributed by atoms with van der Waals surface area (Å²) in [6, 6.07) is 0. The van der Waals surface area contributed by atoms with E-state index in [1.807, 2.05) is 11.8 Å². The van der Waals surface area contributed by atoms with Gasteiger partial charge in [0.05, 0.1) is 0 Å². The van der Waals surface area contributed by atoms with Gasteiger partial charge in [0.1, 0.15) is 0 Å². The molecular formula is C9H15S. The van der Waals surface area contributed by atoms with Crippen LogP contribution in [0.1, 0.15) is 26.7 Å². The number of rotatable bonds is 5. The van der Waals surface area contributed by atoms with Gasteiger partial charge < -0.3 is 0 Å². The van der Waals surface area contributed by atoms with Crippen LogP contribution in [0, 0.1) is 24.0 Å². The van der Waals surface area contributed by atoms with Crippen LogP contribution >= 0.6 is 11.8 Å². The van der Waals surface area contributed by atoms with Crippen molar-refractivity contribution >= 4 is 11.8 Å². The van der Waals surface area contributed by atoms with Crippen LogP contribution in [0.2, 0.25) is 0 Å². The van der Waals surface area contributed by atoms with Gasteiger partial charge >= 0.3 is 0 Å². The third-order valence-corrected chi connectivity index (χ3v) is 2.28. The van der Waals surface area contributed by atoms with E-state index in [0.717, 1.165) is 12.8 Å². The highest BCUT2D eigenvalue weighted by atomic mass is 32.2. The predicted octanol–water partition coefficient (Wildman–Crippen LogP) is 2.95. The van der Waals surface area contributed by atoms with Crippen LogP contribution in [0.3, 0.4) is 0 Å². The highest BCUT2D eigenvalue weighted by molar-refractivity contribution is 8.01. The summed E-state index contributed by atoms with van der Waals surface area (Å²) in [5.41, 5.74) is 0. The maximum absolute atomic E-state index is 5.22. The van der Waals surface area contributed by atoms with Crippen LogP contribution in [-0.4, -0.2) is 5.75 Å². The molecule has 1 heteroatoms. The average Bonchev–Trinajstić information content (AvgIpc) is 1.98. The topological polar surface area (TPSA) is 0 Å². The molecule has 0 aliphatic rings. The van der Waals surface area contributed by atoms with Gasteiger partial charge in [-0.15, -0.1) is 12.3 Å². The summed E-state index contributed by atoms with van der Waals surface area (Å²) in [7, 11) is 0. The third kappa shape index (κ3) is 6.04. The lowest BCUT2D eigenvalue weighted by atomic mass is 10.1. The van der Waals surface area contributed by atoms with Crippen LogP contribution < -0.4 is 0 Å². The van der Waals surface area contributed by atoms with Crippen molar-refractivity contribution in [2.24, 2.45) is 5.92 Å². The molecule has 0 nitrogen and oxygen atoms in total. The Kier molecular flexibility index (Phi) is 6.96. The Morgan fingerprint density at radius 1 is 1.70 bits per heavy atom. The molecule has 1 atom stereocenters. The molecule has 0 saturated carbocycles. The van der Waals surface area contributed by atoms with Crippen molar-refractivity contribution < 1.29 is 0 Å². The van der Waals surface area contributed by atoms with E-state index in [-0.39, 0.29) is 0 Å². The molecule has 0 aromatic carbocycles. The zero-order valence-electron chi connectivity index (χ0n) is 6.76. The standard InChI is InChI=1S/C9H15S/c1-4-7-10-8-6-9(3)5-2/h2,7,9H,4,6,8H2,1,3H3. The van der Waals surface area contributed by atoms with Crippen LogP contribution in [0.5, 0.6) is 0 Å². The summed E-state index contributed by atoms with van der Waals surface area (Å²) in [6.07, 6.45) is 7.50. The van der Waals surface area contributed by atoms with Crippen molar-refractivity contribution in [3.63, 3.8) is 0 Å². The Morgan fingerprint density at radius 3 is 2.90 bits per heavy atom. The fraction of sp³-hybridized carbons (Fsp3) is 0.667. The molecule has 0 amide bonds. The molecule has 0 heterocycles.